The van der Waals surface area contributed by atoms with Gasteiger partial charge in [-0.3, -0.25) is 9.59 Å². The van der Waals surface area contributed by atoms with Gasteiger partial charge in [-0.05, 0) is 18.2 Å². The zero-order valence-corrected chi connectivity index (χ0v) is 8.43. The molecule has 1 aromatic rings. The average molecular weight is 207 g/mol. The fraction of sp³-hybridized carbons (Fsp3) is 0.200. The van der Waals surface area contributed by atoms with E-state index in [0.717, 1.165) is 0 Å². The number of carbonyl (C=O) groups is 2. The molecule has 0 aliphatic heterocycles. The molecule has 0 aromatic heterocycles. The summed E-state index contributed by atoms with van der Waals surface area (Å²) < 4.78 is 0. The maximum Gasteiger partial charge on any atom is 0.254 e. The molecule has 0 saturated heterocycles. The smallest absolute Gasteiger partial charge is 0.254 e. The van der Waals surface area contributed by atoms with Crippen LogP contribution in [0.5, 0.6) is 0 Å². The molecule has 15 heavy (non-hydrogen) atoms. The minimum atomic E-state index is -0.547. The van der Waals surface area contributed by atoms with E-state index in [-0.39, 0.29) is 12.5 Å². The summed E-state index contributed by atoms with van der Waals surface area (Å²) in [6.45, 7) is -0.104. The van der Waals surface area contributed by atoms with Gasteiger partial charge < -0.3 is 16.4 Å². The van der Waals surface area contributed by atoms with Gasteiger partial charge in [0, 0.05) is 18.3 Å². The zero-order chi connectivity index (χ0) is 11.4. The van der Waals surface area contributed by atoms with Crippen LogP contribution in [0.4, 0.5) is 5.69 Å². The second-order valence-electron chi connectivity index (χ2n) is 3.25. The summed E-state index contributed by atoms with van der Waals surface area (Å²) in [7, 11) is 1.51. The van der Waals surface area contributed by atoms with Gasteiger partial charge in [-0.15, -0.1) is 0 Å². The van der Waals surface area contributed by atoms with Crippen molar-refractivity contribution in [3.63, 3.8) is 0 Å². The van der Waals surface area contributed by atoms with E-state index < -0.39 is 5.91 Å². The molecule has 0 spiro atoms. The highest BCUT2D eigenvalue weighted by Gasteiger charge is 2.13. The summed E-state index contributed by atoms with van der Waals surface area (Å²) in [6, 6.07) is 6.56. The molecule has 2 amide bonds. The molecule has 1 rings (SSSR count). The van der Waals surface area contributed by atoms with Crippen molar-refractivity contribution in [2.75, 3.05) is 19.3 Å². The number of primary amides is 1. The Morgan fingerprint density at radius 3 is 2.60 bits per heavy atom. The summed E-state index contributed by atoms with van der Waals surface area (Å²) in [5, 5.41) is 0. The molecule has 80 valence electrons. The van der Waals surface area contributed by atoms with E-state index in [1.54, 1.807) is 24.3 Å². The summed E-state index contributed by atoms with van der Waals surface area (Å²) >= 11 is 0. The van der Waals surface area contributed by atoms with Gasteiger partial charge in [0.15, 0.2) is 0 Å². The molecule has 0 fully saturated rings. The average Bonchev–Trinajstić information content (AvgIpc) is 2.15. The van der Waals surface area contributed by atoms with Crippen molar-refractivity contribution in [1.29, 1.82) is 0 Å². The Balaban J connectivity index is 2.80. The Labute approximate surface area is 87.7 Å². The maximum absolute atomic E-state index is 11.7. The fourth-order valence-corrected chi connectivity index (χ4v) is 1.20. The van der Waals surface area contributed by atoms with Crippen LogP contribution in [0.2, 0.25) is 0 Å². The first kappa shape index (κ1) is 11.0. The highest BCUT2D eigenvalue weighted by molar-refractivity contribution is 5.96. The van der Waals surface area contributed by atoms with Gasteiger partial charge in [0.25, 0.3) is 5.91 Å². The molecule has 0 unspecified atom stereocenters. The standard InChI is InChI=1S/C10H13N3O2/c1-13(6-9(12)14)10(15)7-3-2-4-8(11)5-7/h2-5H,6,11H2,1H3,(H2,12,14). The molecule has 0 aliphatic carbocycles. The first-order valence-electron chi connectivity index (χ1n) is 4.40. The Hall–Kier alpha value is -2.04. The third kappa shape index (κ3) is 2.98. The zero-order valence-electron chi connectivity index (χ0n) is 8.43. The number of likely N-dealkylation sites (N-methyl/N-ethyl adjacent to an activating group) is 1. The minimum Gasteiger partial charge on any atom is -0.399 e. The van der Waals surface area contributed by atoms with Crippen LogP contribution >= 0.6 is 0 Å². The van der Waals surface area contributed by atoms with E-state index in [4.69, 9.17) is 11.5 Å². The first-order chi connectivity index (χ1) is 7.00. The molecule has 0 aliphatic rings. The van der Waals surface area contributed by atoms with Gasteiger partial charge in [0.1, 0.15) is 0 Å². The molecule has 0 bridgehead atoms. The molecule has 0 radical (unpaired) electrons. The third-order valence-corrected chi connectivity index (χ3v) is 1.87. The number of nitrogens with two attached hydrogens (primary N) is 2. The number of anilines is 1. The lowest BCUT2D eigenvalue weighted by Crippen LogP contribution is -2.35. The summed E-state index contributed by atoms with van der Waals surface area (Å²) in [5.74, 6) is -0.823. The van der Waals surface area contributed by atoms with Crippen LogP contribution in [0.1, 0.15) is 10.4 Å². The van der Waals surface area contributed by atoms with Crippen LogP contribution in [0.3, 0.4) is 0 Å². The van der Waals surface area contributed by atoms with Crippen LogP contribution in [-0.2, 0) is 4.79 Å². The van der Waals surface area contributed by atoms with Crippen molar-refractivity contribution in [2.24, 2.45) is 5.73 Å². The van der Waals surface area contributed by atoms with E-state index >= 15 is 0 Å². The van der Waals surface area contributed by atoms with Crippen molar-refractivity contribution in [3.05, 3.63) is 29.8 Å². The Kier molecular flexibility index (Phi) is 3.28. The highest BCUT2D eigenvalue weighted by Crippen LogP contribution is 2.08. The van der Waals surface area contributed by atoms with Gasteiger partial charge in [0.05, 0.1) is 6.54 Å². The van der Waals surface area contributed by atoms with Gasteiger partial charge in [-0.1, -0.05) is 6.07 Å². The van der Waals surface area contributed by atoms with Crippen molar-refractivity contribution in [1.82, 2.24) is 4.90 Å². The SMILES string of the molecule is CN(CC(N)=O)C(=O)c1cccc(N)c1. The number of benzene rings is 1. The monoisotopic (exact) mass is 207 g/mol. The predicted octanol–water partition coefficient (Wildman–Crippen LogP) is -0.174. The number of hydrogen-bond acceptors (Lipinski definition) is 3. The summed E-state index contributed by atoms with van der Waals surface area (Å²) in [6.07, 6.45) is 0. The van der Waals surface area contributed by atoms with E-state index in [9.17, 15) is 9.59 Å². The lowest BCUT2D eigenvalue weighted by Gasteiger charge is -2.14. The molecule has 1 aromatic carbocycles. The van der Waals surface area contributed by atoms with Gasteiger partial charge >= 0.3 is 0 Å². The summed E-state index contributed by atoms with van der Waals surface area (Å²) in [5.41, 5.74) is 11.5. The number of rotatable bonds is 3. The largest absolute Gasteiger partial charge is 0.399 e. The number of nitrogens with zero attached hydrogens (tertiary/aromatic N) is 1. The lowest BCUT2D eigenvalue weighted by atomic mass is 10.2. The Bertz CT molecular complexity index is 390. The fourth-order valence-electron chi connectivity index (χ4n) is 1.20. The highest BCUT2D eigenvalue weighted by atomic mass is 16.2. The molecular formula is C10H13N3O2. The van der Waals surface area contributed by atoms with Crippen LogP contribution in [-0.4, -0.2) is 30.3 Å². The molecule has 0 heterocycles. The van der Waals surface area contributed by atoms with Crippen molar-refractivity contribution < 1.29 is 9.59 Å². The predicted molar refractivity (Wildman–Crippen MR) is 57.0 cm³/mol. The minimum absolute atomic E-state index is 0.104. The maximum atomic E-state index is 11.7. The number of nitrogen functional groups attached to an aromatic ring is 1. The molecular weight excluding hydrogens is 194 g/mol. The van der Waals surface area contributed by atoms with Crippen LogP contribution in [0, 0.1) is 0 Å². The molecule has 0 saturated carbocycles. The van der Waals surface area contributed by atoms with Crippen LogP contribution in [0.15, 0.2) is 24.3 Å². The third-order valence-electron chi connectivity index (χ3n) is 1.87. The first-order valence-corrected chi connectivity index (χ1v) is 4.40. The van der Waals surface area contributed by atoms with E-state index in [1.807, 2.05) is 0 Å². The second kappa shape index (κ2) is 4.45. The molecule has 4 N–H and O–H groups in total. The Morgan fingerprint density at radius 1 is 1.40 bits per heavy atom. The van der Waals surface area contributed by atoms with Gasteiger partial charge in [0.2, 0.25) is 5.91 Å². The number of hydrogen-bond donors (Lipinski definition) is 2. The molecule has 5 nitrogen and oxygen atoms in total. The van der Waals surface area contributed by atoms with Gasteiger partial charge in [-0.2, -0.15) is 0 Å². The van der Waals surface area contributed by atoms with Crippen molar-refractivity contribution >= 4 is 17.5 Å². The number of amides is 2. The van der Waals surface area contributed by atoms with Crippen LogP contribution < -0.4 is 11.5 Å². The Morgan fingerprint density at radius 2 is 2.07 bits per heavy atom. The molecule has 5 heteroatoms. The summed E-state index contributed by atoms with van der Waals surface area (Å²) in [4.78, 5) is 23.6. The van der Waals surface area contributed by atoms with E-state index in [2.05, 4.69) is 0 Å². The normalized spacial score (nSPS) is 9.67. The second-order valence-corrected chi connectivity index (χ2v) is 3.25. The molecule has 0 atom stereocenters. The topological polar surface area (TPSA) is 89.4 Å². The number of carbonyl (C=O) groups excluding carboxylic acids is 2. The van der Waals surface area contributed by atoms with Crippen LogP contribution in [0.25, 0.3) is 0 Å². The lowest BCUT2D eigenvalue weighted by molar-refractivity contribution is -0.118. The van der Waals surface area contributed by atoms with E-state index in [1.165, 1.54) is 11.9 Å². The van der Waals surface area contributed by atoms with Gasteiger partial charge in [-0.25, -0.2) is 0 Å². The van der Waals surface area contributed by atoms with Crippen molar-refractivity contribution in [2.45, 2.75) is 0 Å². The van der Waals surface area contributed by atoms with E-state index in [0.29, 0.717) is 11.3 Å². The van der Waals surface area contributed by atoms with Crippen molar-refractivity contribution in [3.8, 4) is 0 Å². The quantitative estimate of drug-likeness (QED) is 0.674.